The van der Waals surface area contributed by atoms with E-state index in [4.69, 9.17) is 5.84 Å². The van der Waals surface area contributed by atoms with Crippen molar-refractivity contribution in [1.29, 1.82) is 0 Å². The minimum absolute atomic E-state index is 0.383. The van der Waals surface area contributed by atoms with Gasteiger partial charge in [-0.25, -0.2) is 10.6 Å². The van der Waals surface area contributed by atoms with E-state index in [1.54, 1.807) is 37.3 Å². The van der Waals surface area contributed by atoms with Crippen LogP contribution >= 0.6 is 0 Å². The number of carbonyl (C=O) groups is 1. The fourth-order valence-corrected chi connectivity index (χ4v) is 2.74. The molecule has 0 aliphatic heterocycles. The Morgan fingerprint density at radius 2 is 1.67 bits per heavy atom. The Bertz CT molecular complexity index is 972. The Hall–Kier alpha value is -3.65. The zero-order chi connectivity index (χ0) is 19.2. The van der Waals surface area contributed by atoms with E-state index >= 15 is 0 Å². The van der Waals surface area contributed by atoms with Gasteiger partial charge in [-0.3, -0.25) is 25.6 Å². The molecule has 1 heterocycles. The number of hydrazine groups is 2. The monoisotopic (exact) mass is 364 g/mol. The van der Waals surface area contributed by atoms with Crippen molar-refractivity contribution in [2.45, 2.75) is 13.0 Å². The van der Waals surface area contributed by atoms with Crippen LogP contribution in [-0.4, -0.2) is 15.5 Å². The number of nitrogens with one attached hydrogen (secondary N) is 3. The number of carbonyl (C=O) groups excluding carboxylic acids is 1. The molecule has 1 aromatic heterocycles. The van der Waals surface area contributed by atoms with Crippen LogP contribution in [0.1, 0.15) is 17.3 Å². The van der Waals surface area contributed by atoms with Crippen molar-refractivity contribution < 1.29 is 4.79 Å². The van der Waals surface area contributed by atoms with Crippen LogP contribution in [0.25, 0.3) is 0 Å². The van der Waals surface area contributed by atoms with Crippen LogP contribution in [-0.2, 0) is 4.79 Å². The molecule has 0 fully saturated rings. The highest BCUT2D eigenvalue weighted by molar-refractivity contribution is 5.83. The highest BCUT2D eigenvalue weighted by Gasteiger charge is 2.26. The maximum Gasteiger partial charge on any atom is 0.350 e. The van der Waals surface area contributed by atoms with Crippen LogP contribution in [0.4, 0.5) is 11.5 Å². The van der Waals surface area contributed by atoms with Gasteiger partial charge >= 0.3 is 5.69 Å². The van der Waals surface area contributed by atoms with Crippen molar-refractivity contribution in [3.8, 4) is 0 Å². The van der Waals surface area contributed by atoms with Gasteiger partial charge in [-0.05, 0) is 24.6 Å². The third-order valence-corrected chi connectivity index (χ3v) is 3.96. The highest BCUT2D eigenvalue weighted by Crippen LogP contribution is 2.21. The molecule has 0 aliphatic carbocycles. The van der Waals surface area contributed by atoms with Gasteiger partial charge < -0.3 is 0 Å². The second-order valence-corrected chi connectivity index (χ2v) is 5.87. The lowest BCUT2D eigenvalue weighted by Gasteiger charge is -2.23. The maximum absolute atomic E-state index is 12.7. The van der Waals surface area contributed by atoms with E-state index in [1.807, 2.05) is 36.4 Å². The molecule has 0 radical (unpaired) electrons. The summed E-state index contributed by atoms with van der Waals surface area (Å²) < 4.78 is 1.26. The van der Waals surface area contributed by atoms with Gasteiger partial charge in [0.1, 0.15) is 11.9 Å². The first-order chi connectivity index (χ1) is 13.1. The minimum Gasteiger partial charge on any atom is -0.300 e. The molecule has 5 N–H and O–H groups in total. The molecular formula is C19H20N6O2. The van der Waals surface area contributed by atoms with Crippen molar-refractivity contribution in [1.82, 2.24) is 15.0 Å². The third kappa shape index (κ3) is 4.13. The lowest BCUT2D eigenvalue weighted by Crippen LogP contribution is -2.42. The molecule has 8 nitrogen and oxygen atoms in total. The van der Waals surface area contributed by atoms with E-state index in [0.717, 1.165) is 5.69 Å². The lowest BCUT2D eigenvalue weighted by molar-refractivity contribution is -0.123. The average Bonchev–Trinajstić information content (AvgIpc) is 2.69. The molecule has 138 valence electrons. The number of benzene rings is 2. The van der Waals surface area contributed by atoms with Crippen LogP contribution in [0.15, 0.2) is 71.5 Å². The minimum atomic E-state index is -0.975. The van der Waals surface area contributed by atoms with Gasteiger partial charge in [0, 0.05) is 11.8 Å². The number of anilines is 2. The number of amides is 1. The summed E-state index contributed by atoms with van der Waals surface area (Å²) in [4.78, 5) is 29.1. The van der Waals surface area contributed by atoms with E-state index in [1.165, 1.54) is 4.57 Å². The molecule has 3 aromatic rings. The van der Waals surface area contributed by atoms with Gasteiger partial charge in [-0.2, -0.15) is 4.98 Å². The zero-order valence-electron chi connectivity index (χ0n) is 14.7. The normalized spacial score (nSPS) is 11.5. The average molecular weight is 364 g/mol. The number of hydrogen-bond acceptors (Lipinski definition) is 6. The van der Waals surface area contributed by atoms with Crippen LogP contribution in [0.3, 0.4) is 0 Å². The zero-order valence-corrected chi connectivity index (χ0v) is 14.7. The van der Waals surface area contributed by atoms with Gasteiger partial charge in [0.05, 0.1) is 5.69 Å². The van der Waals surface area contributed by atoms with E-state index in [-0.39, 0.29) is 0 Å². The van der Waals surface area contributed by atoms with Crippen LogP contribution in [0.5, 0.6) is 0 Å². The Morgan fingerprint density at radius 3 is 2.30 bits per heavy atom. The topological polar surface area (TPSA) is 114 Å². The fraction of sp³-hybridized carbons (Fsp3) is 0.105. The first-order valence-corrected chi connectivity index (χ1v) is 8.33. The molecule has 3 rings (SSSR count). The first kappa shape index (κ1) is 18.2. The number of aromatic nitrogens is 2. The van der Waals surface area contributed by atoms with E-state index in [2.05, 4.69) is 21.3 Å². The second-order valence-electron chi connectivity index (χ2n) is 5.87. The SMILES string of the molecule is Cc1cc(NNc2ccccc2)n(C(C(=O)NN)c2ccccc2)c(=O)n1. The molecule has 1 amide bonds. The number of aryl methyl sites for hydroxylation is 1. The van der Waals surface area contributed by atoms with Crippen LogP contribution in [0.2, 0.25) is 0 Å². The molecular weight excluding hydrogens is 344 g/mol. The first-order valence-electron chi connectivity index (χ1n) is 8.33. The predicted octanol–water partition coefficient (Wildman–Crippen LogP) is 1.57. The van der Waals surface area contributed by atoms with E-state index < -0.39 is 17.6 Å². The molecule has 0 aliphatic rings. The second kappa shape index (κ2) is 8.15. The van der Waals surface area contributed by atoms with Gasteiger partial charge in [-0.1, -0.05) is 48.5 Å². The molecule has 1 atom stereocenters. The van der Waals surface area contributed by atoms with E-state index in [0.29, 0.717) is 17.1 Å². The molecule has 1 unspecified atom stereocenters. The molecule has 0 saturated heterocycles. The van der Waals surface area contributed by atoms with E-state index in [9.17, 15) is 9.59 Å². The van der Waals surface area contributed by atoms with Gasteiger partial charge in [0.2, 0.25) is 0 Å². The quantitative estimate of drug-likeness (QED) is 0.300. The lowest BCUT2D eigenvalue weighted by atomic mass is 10.1. The highest BCUT2D eigenvalue weighted by atomic mass is 16.2. The summed E-state index contributed by atoms with van der Waals surface area (Å²) in [6.45, 7) is 1.71. The van der Waals surface area contributed by atoms with Crippen molar-refractivity contribution in [3.63, 3.8) is 0 Å². The van der Waals surface area contributed by atoms with Gasteiger partial charge in [-0.15, -0.1) is 0 Å². The number of hydrogen-bond donors (Lipinski definition) is 4. The standard InChI is InChI=1S/C19H20N6O2/c1-13-12-16(24-23-15-10-6-3-7-11-15)25(19(27)21-13)17(18(26)22-20)14-8-4-2-5-9-14/h2-12,17,23-24H,20H2,1H3,(H,22,26). The molecule has 27 heavy (non-hydrogen) atoms. The number of nitrogens with two attached hydrogens (primary N) is 1. The Balaban J connectivity index is 2.06. The summed E-state index contributed by atoms with van der Waals surface area (Å²) in [5, 5.41) is 0. The van der Waals surface area contributed by atoms with Crippen molar-refractivity contribution in [2.24, 2.45) is 5.84 Å². The summed E-state index contributed by atoms with van der Waals surface area (Å²) in [6.07, 6.45) is 0. The number of nitrogens with zero attached hydrogens (tertiary/aromatic N) is 2. The molecule has 0 bridgehead atoms. The Kier molecular flexibility index (Phi) is 5.48. The van der Waals surface area contributed by atoms with Crippen molar-refractivity contribution >= 4 is 17.4 Å². The van der Waals surface area contributed by atoms with Crippen molar-refractivity contribution in [2.75, 3.05) is 10.9 Å². The van der Waals surface area contributed by atoms with Crippen LogP contribution < -0.4 is 27.8 Å². The predicted molar refractivity (Wildman–Crippen MR) is 104 cm³/mol. The van der Waals surface area contributed by atoms with Gasteiger partial charge in [0.15, 0.2) is 0 Å². The third-order valence-electron chi connectivity index (χ3n) is 3.96. The summed E-state index contributed by atoms with van der Waals surface area (Å²) in [5.41, 5.74) is 9.50. The molecule has 0 spiro atoms. The summed E-state index contributed by atoms with van der Waals surface area (Å²) in [7, 11) is 0. The number of para-hydroxylation sites is 1. The fourth-order valence-electron chi connectivity index (χ4n) is 2.74. The molecule has 8 heteroatoms. The summed E-state index contributed by atoms with van der Waals surface area (Å²) in [5.74, 6) is 5.22. The Labute approximate surface area is 156 Å². The van der Waals surface area contributed by atoms with Crippen LogP contribution in [0, 0.1) is 6.92 Å². The largest absolute Gasteiger partial charge is 0.350 e. The Morgan fingerprint density at radius 1 is 1.04 bits per heavy atom. The smallest absolute Gasteiger partial charge is 0.300 e. The molecule has 2 aromatic carbocycles. The van der Waals surface area contributed by atoms with Gasteiger partial charge in [0.25, 0.3) is 5.91 Å². The number of rotatable bonds is 6. The summed E-state index contributed by atoms with van der Waals surface area (Å²) in [6, 6.07) is 19.0. The molecule has 0 saturated carbocycles. The van der Waals surface area contributed by atoms with Crippen molar-refractivity contribution in [3.05, 3.63) is 88.5 Å². The maximum atomic E-state index is 12.7. The summed E-state index contributed by atoms with van der Waals surface area (Å²) >= 11 is 0.